The zero-order valence-electron chi connectivity index (χ0n) is 23.6. The van der Waals surface area contributed by atoms with E-state index in [1.165, 1.54) is 11.3 Å². The monoisotopic (exact) mass is 580 g/mol. The van der Waals surface area contributed by atoms with Gasteiger partial charge in [-0.15, -0.1) is 11.3 Å². The Hall–Kier alpha value is -4.19. The van der Waals surface area contributed by atoms with Gasteiger partial charge in [-0.1, -0.05) is 18.2 Å². The summed E-state index contributed by atoms with van der Waals surface area (Å²) in [6, 6.07) is 9.31. The SMILES string of the molecule is CCN(CC)c1ncc(N(CC)C(=O)c2cccs2)c(NC(Cc2ccc(OC(=O)N3CCCC3)cc2)C(=O)O)n1. The number of nitrogens with one attached hydrogen (secondary N) is 1. The van der Waals surface area contributed by atoms with Crippen molar-refractivity contribution in [3.05, 3.63) is 58.4 Å². The zero-order chi connectivity index (χ0) is 29.4. The van der Waals surface area contributed by atoms with Crippen LogP contribution in [0.3, 0.4) is 0 Å². The summed E-state index contributed by atoms with van der Waals surface area (Å²) in [5.41, 5.74) is 1.13. The molecular weight excluding hydrogens is 544 g/mol. The van der Waals surface area contributed by atoms with Crippen LogP contribution in [0.5, 0.6) is 5.75 Å². The number of hydrogen-bond donors (Lipinski definition) is 2. The fourth-order valence-electron chi connectivity index (χ4n) is 4.64. The van der Waals surface area contributed by atoms with Crippen molar-refractivity contribution in [1.29, 1.82) is 0 Å². The molecule has 1 unspecified atom stereocenters. The van der Waals surface area contributed by atoms with E-state index in [-0.39, 0.29) is 24.2 Å². The van der Waals surface area contributed by atoms with Crippen LogP contribution in [-0.2, 0) is 11.2 Å². The van der Waals surface area contributed by atoms with Gasteiger partial charge in [0.1, 0.15) is 17.5 Å². The Balaban J connectivity index is 1.58. The van der Waals surface area contributed by atoms with Crippen molar-refractivity contribution in [3.8, 4) is 5.75 Å². The molecule has 218 valence electrons. The summed E-state index contributed by atoms with van der Waals surface area (Å²) in [5, 5.41) is 15.0. The van der Waals surface area contributed by atoms with Crippen LogP contribution < -0.4 is 19.9 Å². The quantitative estimate of drug-likeness (QED) is 0.312. The van der Waals surface area contributed by atoms with E-state index >= 15 is 0 Å². The third-order valence-corrected chi connectivity index (χ3v) is 7.79. The van der Waals surface area contributed by atoms with Gasteiger partial charge in [-0.3, -0.25) is 4.79 Å². The number of carboxylic acids is 1. The van der Waals surface area contributed by atoms with E-state index in [1.807, 2.05) is 37.1 Å². The number of anilines is 3. The number of rotatable bonds is 12. The molecule has 3 aromatic rings. The first kappa shape index (κ1) is 29.8. The molecule has 0 bridgehead atoms. The largest absolute Gasteiger partial charge is 0.480 e. The number of aromatic nitrogens is 2. The van der Waals surface area contributed by atoms with Crippen molar-refractivity contribution in [2.75, 3.05) is 47.8 Å². The Morgan fingerprint density at radius 3 is 2.37 bits per heavy atom. The van der Waals surface area contributed by atoms with Gasteiger partial charge in [0.15, 0.2) is 5.82 Å². The van der Waals surface area contributed by atoms with Gasteiger partial charge < -0.3 is 29.9 Å². The second-order valence-electron chi connectivity index (χ2n) is 9.55. The first-order valence-electron chi connectivity index (χ1n) is 13.9. The number of likely N-dealkylation sites (tertiary alicyclic amines) is 1. The van der Waals surface area contributed by atoms with E-state index in [9.17, 15) is 19.5 Å². The van der Waals surface area contributed by atoms with Gasteiger partial charge in [0, 0.05) is 39.1 Å². The number of benzene rings is 1. The number of aliphatic carboxylic acids is 1. The van der Waals surface area contributed by atoms with Gasteiger partial charge in [0.25, 0.3) is 5.91 Å². The summed E-state index contributed by atoms with van der Waals surface area (Å²) in [5.74, 6) is -0.184. The molecular formula is C29H36N6O5S. The Labute approximate surface area is 243 Å². The maximum atomic E-state index is 13.3. The fourth-order valence-corrected chi connectivity index (χ4v) is 5.32. The van der Waals surface area contributed by atoms with Crippen LogP contribution in [0.1, 0.15) is 48.8 Å². The third kappa shape index (κ3) is 7.31. The number of carbonyl (C=O) groups excluding carboxylic acids is 2. The van der Waals surface area contributed by atoms with Crippen LogP contribution >= 0.6 is 11.3 Å². The molecule has 1 aromatic carbocycles. The second-order valence-corrected chi connectivity index (χ2v) is 10.5. The molecule has 11 nitrogen and oxygen atoms in total. The van der Waals surface area contributed by atoms with Gasteiger partial charge >= 0.3 is 12.1 Å². The predicted molar refractivity (Wildman–Crippen MR) is 159 cm³/mol. The van der Waals surface area contributed by atoms with E-state index in [1.54, 1.807) is 46.3 Å². The highest BCUT2D eigenvalue weighted by Crippen LogP contribution is 2.29. The molecule has 1 fully saturated rings. The van der Waals surface area contributed by atoms with Gasteiger partial charge in [0.2, 0.25) is 5.95 Å². The summed E-state index contributed by atoms with van der Waals surface area (Å²) < 4.78 is 5.46. The van der Waals surface area contributed by atoms with Crippen LogP contribution in [0.2, 0.25) is 0 Å². The molecule has 4 rings (SSSR count). The van der Waals surface area contributed by atoms with E-state index in [0.717, 1.165) is 18.4 Å². The molecule has 2 aromatic heterocycles. The number of carboxylic acid groups (broad SMARTS) is 1. The minimum absolute atomic E-state index is 0.130. The average Bonchev–Trinajstić information content (AvgIpc) is 3.71. The number of nitrogens with zero attached hydrogens (tertiary/aromatic N) is 5. The van der Waals surface area contributed by atoms with Crippen molar-refractivity contribution in [2.24, 2.45) is 0 Å². The van der Waals surface area contributed by atoms with Crippen molar-refractivity contribution in [1.82, 2.24) is 14.9 Å². The number of carbonyl (C=O) groups is 3. The smallest absolute Gasteiger partial charge is 0.415 e. The van der Waals surface area contributed by atoms with Gasteiger partial charge in [0.05, 0.1) is 11.1 Å². The van der Waals surface area contributed by atoms with E-state index < -0.39 is 12.0 Å². The lowest BCUT2D eigenvalue weighted by atomic mass is 10.1. The van der Waals surface area contributed by atoms with Gasteiger partial charge in [-0.2, -0.15) is 4.98 Å². The van der Waals surface area contributed by atoms with Crippen molar-refractivity contribution in [3.63, 3.8) is 0 Å². The molecule has 1 aliphatic rings. The standard InChI is InChI=1S/C29H36N6O5S/c1-4-33(5-2)28-30-19-23(35(6-3)26(36)24-10-9-17-41-24)25(32-28)31-22(27(37)38)18-20-11-13-21(14-12-20)40-29(39)34-15-7-8-16-34/h9-14,17,19,22H,4-8,15-16,18H2,1-3H3,(H,37,38)(H,30,31,32). The van der Waals surface area contributed by atoms with Crippen molar-refractivity contribution < 1.29 is 24.2 Å². The minimum Gasteiger partial charge on any atom is -0.480 e. The van der Waals surface area contributed by atoms with Crippen LogP contribution in [0.15, 0.2) is 48.0 Å². The maximum Gasteiger partial charge on any atom is 0.415 e. The number of thiophene rings is 1. The summed E-state index contributed by atoms with van der Waals surface area (Å²) in [4.78, 5) is 52.9. The molecule has 1 aliphatic heterocycles. The molecule has 1 saturated heterocycles. The normalized spacial score (nSPS) is 13.5. The lowest BCUT2D eigenvalue weighted by Gasteiger charge is -2.26. The van der Waals surface area contributed by atoms with Crippen LogP contribution in [0.4, 0.5) is 22.2 Å². The third-order valence-electron chi connectivity index (χ3n) is 6.93. The molecule has 0 saturated carbocycles. The first-order valence-corrected chi connectivity index (χ1v) is 14.7. The number of hydrogen-bond acceptors (Lipinski definition) is 9. The predicted octanol–water partition coefficient (Wildman–Crippen LogP) is 4.75. The molecule has 0 radical (unpaired) electrons. The molecule has 1 atom stereocenters. The Morgan fingerprint density at radius 2 is 1.78 bits per heavy atom. The Kier molecular flexibility index (Phi) is 10.1. The molecule has 0 aliphatic carbocycles. The molecule has 3 heterocycles. The van der Waals surface area contributed by atoms with E-state index in [4.69, 9.17) is 4.74 Å². The maximum absolute atomic E-state index is 13.3. The molecule has 2 amide bonds. The lowest BCUT2D eigenvalue weighted by Crippen LogP contribution is -2.36. The van der Waals surface area contributed by atoms with Crippen LogP contribution in [0, 0.1) is 0 Å². The van der Waals surface area contributed by atoms with Crippen molar-refractivity contribution >= 4 is 46.8 Å². The van der Waals surface area contributed by atoms with Crippen molar-refractivity contribution in [2.45, 2.75) is 46.1 Å². The Bertz CT molecular complexity index is 1320. The summed E-state index contributed by atoms with van der Waals surface area (Å²) >= 11 is 1.33. The average molecular weight is 581 g/mol. The molecule has 41 heavy (non-hydrogen) atoms. The highest BCUT2D eigenvalue weighted by molar-refractivity contribution is 7.12. The van der Waals surface area contributed by atoms with E-state index in [0.29, 0.717) is 55.0 Å². The number of amides is 2. The topological polar surface area (TPSA) is 128 Å². The van der Waals surface area contributed by atoms with E-state index in [2.05, 4.69) is 15.3 Å². The number of ether oxygens (including phenoxy) is 1. The molecule has 12 heteroatoms. The summed E-state index contributed by atoms with van der Waals surface area (Å²) in [6.45, 7) is 8.87. The summed E-state index contributed by atoms with van der Waals surface area (Å²) in [6.07, 6.45) is 3.27. The highest BCUT2D eigenvalue weighted by atomic mass is 32.1. The van der Waals surface area contributed by atoms with Crippen LogP contribution in [0.25, 0.3) is 0 Å². The van der Waals surface area contributed by atoms with Crippen LogP contribution in [-0.4, -0.2) is 76.7 Å². The van der Waals surface area contributed by atoms with Gasteiger partial charge in [-0.05, 0) is 62.8 Å². The highest BCUT2D eigenvalue weighted by Gasteiger charge is 2.26. The summed E-state index contributed by atoms with van der Waals surface area (Å²) in [7, 11) is 0. The first-order chi connectivity index (χ1) is 19.8. The van der Waals surface area contributed by atoms with Gasteiger partial charge in [-0.25, -0.2) is 14.6 Å². The fraction of sp³-hybridized carbons (Fsp3) is 0.414. The second kappa shape index (κ2) is 13.9. The Morgan fingerprint density at radius 1 is 1.07 bits per heavy atom. The molecule has 2 N–H and O–H groups in total. The zero-order valence-corrected chi connectivity index (χ0v) is 24.4. The molecule has 0 spiro atoms. The minimum atomic E-state index is -1.07. The lowest BCUT2D eigenvalue weighted by molar-refractivity contribution is -0.137.